The standard InChI is InChI=1S/C45H71O3PSi2/c1-34(33-49(46,39-21-15-13-16-22-39)40-23-17-14-18-24-40)41-27-28-42-36(20-19-29-45(41,42)8)26-25-35-30-37(47-50(9,10)43(2,3)4)32-38(31-35)48-51(11,12)44(5,6)7/h13-18,21-26,34,37-38,41-42H,19-20,27-33H2,1-12H3/t34-,37-,38-,41?,42?,45-/m1/s1. The lowest BCUT2D eigenvalue weighted by Gasteiger charge is -2.45. The molecule has 0 saturated heterocycles. The highest BCUT2D eigenvalue weighted by Crippen LogP contribution is 2.61. The van der Waals surface area contributed by atoms with Crippen molar-refractivity contribution in [2.24, 2.45) is 23.2 Å². The van der Waals surface area contributed by atoms with Crippen LogP contribution in [0, 0.1) is 23.2 Å². The first-order valence-electron chi connectivity index (χ1n) is 20.1. The Morgan fingerprint density at radius 2 is 1.29 bits per heavy atom. The van der Waals surface area contributed by atoms with Crippen LogP contribution in [0.15, 0.2) is 84.0 Å². The molecule has 2 aromatic rings. The van der Waals surface area contributed by atoms with Crippen molar-refractivity contribution < 1.29 is 13.4 Å². The normalized spacial score (nSPS) is 28.1. The third-order valence-corrected chi connectivity index (χ3v) is 26.6. The Bertz CT molecular complexity index is 1500. The van der Waals surface area contributed by atoms with Gasteiger partial charge in [0.15, 0.2) is 16.6 Å². The van der Waals surface area contributed by atoms with E-state index in [1.54, 1.807) is 5.57 Å². The summed E-state index contributed by atoms with van der Waals surface area (Å²) in [6.45, 7) is 28.7. The minimum atomic E-state index is -2.76. The molecule has 51 heavy (non-hydrogen) atoms. The van der Waals surface area contributed by atoms with Crippen LogP contribution in [0.4, 0.5) is 0 Å². The molecule has 2 aromatic carbocycles. The minimum Gasteiger partial charge on any atom is -0.414 e. The van der Waals surface area contributed by atoms with Crippen LogP contribution in [0.2, 0.25) is 36.3 Å². The summed E-state index contributed by atoms with van der Waals surface area (Å²) in [5.41, 5.74) is 3.40. The van der Waals surface area contributed by atoms with Gasteiger partial charge in [-0.1, -0.05) is 139 Å². The second-order valence-corrected chi connectivity index (χ2v) is 32.3. The highest BCUT2D eigenvalue weighted by Gasteiger charge is 2.52. The van der Waals surface area contributed by atoms with E-state index in [1.807, 2.05) is 36.4 Å². The molecule has 0 bridgehead atoms. The van der Waals surface area contributed by atoms with Crippen LogP contribution in [-0.4, -0.2) is 35.0 Å². The van der Waals surface area contributed by atoms with E-state index in [1.165, 1.54) is 37.7 Å². The topological polar surface area (TPSA) is 35.5 Å². The predicted octanol–water partition coefficient (Wildman–Crippen LogP) is 12.7. The molecule has 0 amide bonds. The molecule has 3 fully saturated rings. The van der Waals surface area contributed by atoms with Crippen molar-refractivity contribution in [3.05, 3.63) is 84.0 Å². The van der Waals surface area contributed by atoms with Gasteiger partial charge < -0.3 is 13.4 Å². The van der Waals surface area contributed by atoms with Gasteiger partial charge in [-0.15, -0.1) is 0 Å². The molecule has 0 heterocycles. The van der Waals surface area contributed by atoms with Crippen LogP contribution >= 0.6 is 7.14 Å². The van der Waals surface area contributed by atoms with E-state index in [-0.39, 0.29) is 27.7 Å². The summed E-state index contributed by atoms with van der Waals surface area (Å²) in [4.78, 5) is 0. The van der Waals surface area contributed by atoms with E-state index in [4.69, 9.17) is 8.85 Å². The van der Waals surface area contributed by atoms with Gasteiger partial charge in [-0.3, -0.25) is 0 Å². The fourth-order valence-electron chi connectivity index (χ4n) is 9.30. The summed E-state index contributed by atoms with van der Waals surface area (Å²) in [5.74, 6) is 1.55. The van der Waals surface area contributed by atoms with E-state index in [0.29, 0.717) is 17.8 Å². The van der Waals surface area contributed by atoms with Crippen molar-refractivity contribution in [1.82, 2.24) is 0 Å². The van der Waals surface area contributed by atoms with E-state index in [0.717, 1.165) is 36.0 Å². The van der Waals surface area contributed by atoms with E-state index in [2.05, 4.69) is 118 Å². The number of hydrogen-bond acceptors (Lipinski definition) is 3. The maximum absolute atomic E-state index is 15.1. The van der Waals surface area contributed by atoms with Crippen LogP contribution < -0.4 is 10.6 Å². The van der Waals surface area contributed by atoms with Gasteiger partial charge >= 0.3 is 0 Å². The summed E-state index contributed by atoms with van der Waals surface area (Å²) < 4.78 is 29.3. The number of rotatable bonds is 10. The monoisotopic (exact) mass is 746 g/mol. The zero-order chi connectivity index (χ0) is 37.5. The van der Waals surface area contributed by atoms with Gasteiger partial charge in [0.1, 0.15) is 7.14 Å². The Balaban J connectivity index is 1.38. The molecule has 2 unspecified atom stereocenters. The molecule has 6 heteroatoms. The summed E-state index contributed by atoms with van der Waals surface area (Å²) in [7, 11) is -6.59. The largest absolute Gasteiger partial charge is 0.414 e. The summed E-state index contributed by atoms with van der Waals surface area (Å²) in [5, 5.41) is 2.37. The Morgan fingerprint density at radius 1 is 0.804 bits per heavy atom. The SMILES string of the molecule is C[C@H](CP(=O)(c1ccccc1)c1ccccc1)C1CCC2C(=CC=C3C[C@@H](O[Si](C)(C)C(C)(C)C)C[C@H](O[Si](C)(C)C(C)(C)C)C3)CCC[C@@]21C. The lowest BCUT2D eigenvalue weighted by molar-refractivity contribution is 0.0725. The van der Waals surface area contributed by atoms with Crippen molar-refractivity contribution in [1.29, 1.82) is 0 Å². The van der Waals surface area contributed by atoms with Gasteiger partial charge in [0, 0.05) is 16.8 Å². The highest BCUT2D eigenvalue weighted by atomic mass is 31.2. The van der Waals surface area contributed by atoms with Crippen molar-refractivity contribution in [3.63, 3.8) is 0 Å². The highest BCUT2D eigenvalue weighted by molar-refractivity contribution is 7.78. The first kappa shape index (κ1) is 40.7. The molecular formula is C45H71O3PSi2. The van der Waals surface area contributed by atoms with Crippen molar-refractivity contribution >= 4 is 34.4 Å². The van der Waals surface area contributed by atoms with Gasteiger partial charge in [-0.05, 0) is 111 Å². The Hall–Kier alpha value is -1.50. The van der Waals surface area contributed by atoms with Crippen molar-refractivity contribution in [2.75, 3.05) is 6.16 Å². The van der Waals surface area contributed by atoms with Gasteiger partial charge in [0.2, 0.25) is 0 Å². The molecule has 282 valence electrons. The number of benzene rings is 2. The quantitative estimate of drug-likeness (QED) is 0.179. The number of hydrogen-bond donors (Lipinski definition) is 0. The number of allylic oxidation sites excluding steroid dienone is 3. The maximum Gasteiger partial charge on any atom is 0.192 e. The lowest BCUT2D eigenvalue weighted by Crippen LogP contribution is -2.48. The van der Waals surface area contributed by atoms with E-state index in [9.17, 15) is 0 Å². The molecule has 3 saturated carbocycles. The molecule has 3 nitrogen and oxygen atoms in total. The molecule has 6 atom stereocenters. The summed E-state index contributed by atoms with van der Waals surface area (Å²) >= 11 is 0. The van der Waals surface area contributed by atoms with Crippen LogP contribution in [-0.2, 0) is 13.4 Å². The Kier molecular flexibility index (Phi) is 12.2. The number of fused-ring (bicyclic) bond motifs is 1. The van der Waals surface area contributed by atoms with Gasteiger partial charge in [-0.2, -0.15) is 0 Å². The van der Waals surface area contributed by atoms with Gasteiger partial charge in [0.25, 0.3) is 0 Å². The molecule has 3 aliphatic carbocycles. The average molecular weight is 747 g/mol. The second kappa shape index (κ2) is 15.3. The van der Waals surface area contributed by atoms with E-state index >= 15 is 4.57 Å². The van der Waals surface area contributed by atoms with Crippen LogP contribution in [0.25, 0.3) is 0 Å². The van der Waals surface area contributed by atoms with Gasteiger partial charge in [0.05, 0.1) is 12.2 Å². The molecule has 3 aliphatic rings. The molecule has 0 spiro atoms. The van der Waals surface area contributed by atoms with E-state index < -0.39 is 23.8 Å². The second-order valence-electron chi connectivity index (χ2n) is 19.9. The molecule has 0 aromatic heterocycles. The zero-order valence-corrected chi connectivity index (χ0v) is 37.2. The minimum absolute atomic E-state index is 0.185. The third-order valence-electron chi connectivity index (χ3n) is 14.2. The first-order valence-corrected chi connectivity index (χ1v) is 27.8. The molecule has 0 radical (unpaired) electrons. The maximum atomic E-state index is 15.1. The zero-order valence-electron chi connectivity index (χ0n) is 34.4. The van der Waals surface area contributed by atoms with Crippen LogP contribution in [0.3, 0.4) is 0 Å². The van der Waals surface area contributed by atoms with Crippen LogP contribution in [0.5, 0.6) is 0 Å². The van der Waals surface area contributed by atoms with Gasteiger partial charge in [-0.25, -0.2) is 0 Å². The molecular weight excluding hydrogens is 676 g/mol. The Morgan fingerprint density at radius 3 is 1.76 bits per heavy atom. The smallest absolute Gasteiger partial charge is 0.192 e. The summed E-state index contributed by atoms with van der Waals surface area (Å²) in [6.07, 6.45) is 15.4. The van der Waals surface area contributed by atoms with Crippen molar-refractivity contribution in [3.8, 4) is 0 Å². The lowest BCUT2D eigenvalue weighted by atomic mass is 9.61. The fraction of sp³-hybridized carbons (Fsp3) is 0.644. The summed E-state index contributed by atoms with van der Waals surface area (Å²) in [6, 6.07) is 20.6. The predicted molar refractivity (Wildman–Crippen MR) is 226 cm³/mol. The first-order chi connectivity index (χ1) is 23.7. The van der Waals surface area contributed by atoms with Crippen molar-refractivity contribution in [2.45, 2.75) is 155 Å². The molecule has 5 rings (SSSR count). The third kappa shape index (κ3) is 8.91. The van der Waals surface area contributed by atoms with Crippen LogP contribution in [0.1, 0.15) is 107 Å². The average Bonchev–Trinajstić information content (AvgIpc) is 3.40. The molecule has 0 aliphatic heterocycles. The molecule has 0 N–H and O–H groups in total. The Labute approximate surface area is 315 Å². The fourth-order valence-corrected chi connectivity index (χ4v) is 15.1.